The number of hydrogen-bond acceptors (Lipinski definition) is 7. The number of ketones is 1. The summed E-state index contributed by atoms with van der Waals surface area (Å²) >= 11 is 0. The average Bonchev–Trinajstić information content (AvgIpc) is 2.83. The van der Waals surface area contributed by atoms with Crippen molar-refractivity contribution in [3.8, 4) is 5.75 Å². The van der Waals surface area contributed by atoms with Crippen molar-refractivity contribution in [3.05, 3.63) is 65.2 Å². The van der Waals surface area contributed by atoms with Crippen molar-refractivity contribution in [1.29, 1.82) is 0 Å². The quantitative estimate of drug-likeness (QED) is 0.166. The Morgan fingerprint density at radius 1 is 0.892 bits per heavy atom. The van der Waals surface area contributed by atoms with Crippen LogP contribution in [0.4, 0.5) is 13.2 Å². The lowest BCUT2D eigenvalue weighted by Crippen LogP contribution is -2.27. The van der Waals surface area contributed by atoms with E-state index in [1.165, 1.54) is 0 Å². The highest BCUT2D eigenvalue weighted by Gasteiger charge is 2.32. The molecule has 0 aliphatic heterocycles. The number of hydrogen-bond donors (Lipinski definition) is 0. The van der Waals surface area contributed by atoms with Crippen molar-refractivity contribution >= 4 is 17.7 Å². The van der Waals surface area contributed by atoms with Gasteiger partial charge in [0.15, 0.2) is 5.78 Å². The van der Waals surface area contributed by atoms with E-state index in [0.29, 0.717) is 12.2 Å². The lowest BCUT2D eigenvalue weighted by Gasteiger charge is -2.19. The molecule has 0 radical (unpaired) electrons. The van der Waals surface area contributed by atoms with Gasteiger partial charge in [0, 0.05) is 5.56 Å². The van der Waals surface area contributed by atoms with Crippen LogP contribution in [0.1, 0.15) is 48.7 Å². The Morgan fingerprint density at radius 3 is 2.05 bits per heavy atom. The van der Waals surface area contributed by atoms with Gasteiger partial charge in [0.2, 0.25) is 0 Å². The van der Waals surface area contributed by atoms with Crippen LogP contribution in [0.25, 0.3) is 0 Å². The molecule has 0 fully saturated rings. The summed E-state index contributed by atoms with van der Waals surface area (Å²) in [6.45, 7) is 5.54. The first kappa shape index (κ1) is 29.8. The second-order valence-corrected chi connectivity index (χ2v) is 9.19. The number of esters is 2. The van der Waals surface area contributed by atoms with Crippen LogP contribution in [-0.4, -0.2) is 50.3 Å². The van der Waals surface area contributed by atoms with Gasteiger partial charge in [-0.15, -0.1) is 0 Å². The predicted molar refractivity (Wildman–Crippen MR) is 128 cm³/mol. The van der Waals surface area contributed by atoms with E-state index in [1.54, 1.807) is 45.0 Å². The Balaban J connectivity index is 1.86. The molecular formula is C27H31F3O7. The van der Waals surface area contributed by atoms with Gasteiger partial charge in [0.1, 0.15) is 30.5 Å². The monoisotopic (exact) mass is 524 g/mol. The SMILES string of the molecule is COC(=O)C(CCc1ccc(OCCOCC(=O)OC(C)(C)C)cc1)C(=O)c1ccc(C(F)(F)F)cc1. The molecule has 202 valence electrons. The maximum absolute atomic E-state index is 12.8. The topological polar surface area (TPSA) is 88.1 Å². The van der Waals surface area contributed by atoms with Crippen LogP contribution in [0.15, 0.2) is 48.5 Å². The molecule has 2 aromatic rings. The van der Waals surface area contributed by atoms with E-state index < -0.39 is 41.0 Å². The molecule has 0 aliphatic rings. The highest BCUT2D eigenvalue weighted by Crippen LogP contribution is 2.29. The summed E-state index contributed by atoms with van der Waals surface area (Å²) in [6.07, 6.45) is -4.05. The van der Waals surface area contributed by atoms with Crippen molar-refractivity contribution in [2.75, 3.05) is 26.9 Å². The molecule has 0 spiro atoms. The third-order valence-corrected chi connectivity index (χ3v) is 5.08. The fourth-order valence-electron chi connectivity index (χ4n) is 3.33. The lowest BCUT2D eigenvalue weighted by molar-refractivity contribution is -0.160. The second kappa shape index (κ2) is 13.2. The zero-order chi connectivity index (χ0) is 27.6. The number of benzene rings is 2. The molecule has 0 aromatic heterocycles. The highest BCUT2D eigenvalue weighted by atomic mass is 19.4. The Labute approximate surface area is 213 Å². The molecule has 0 saturated heterocycles. The Kier molecular flexibility index (Phi) is 10.7. The normalized spacial score (nSPS) is 12.5. The minimum Gasteiger partial charge on any atom is -0.491 e. The van der Waals surface area contributed by atoms with Crippen LogP contribution in [0, 0.1) is 5.92 Å². The fraction of sp³-hybridized carbons (Fsp3) is 0.444. The van der Waals surface area contributed by atoms with E-state index in [-0.39, 0.29) is 31.8 Å². The zero-order valence-electron chi connectivity index (χ0n) is 21.2. The number of rotatable bonds is 12. The van der Waals surface area contributed by atoms with Crippen molar-refractivity contribution < 1.29 is 46.5 Å². The maximum atomic E-state index is 12.8. The van der Waals surface area contributed by atoms with E-state index in [2.05, 4.69) is 0 Å². The van der Waals surface area contributed by atoms with Gasteiger partial charge in [-0.05, 0) is 63.4 Å². The Hall–Kier alpha value is -3.40. The molecule has 0 N–H and O–H groups in total. The van der Waals surface area contributed by atoms with E-state index >= 15 is 0 Å². The summed E-state index contributed by atoms with van der Waals surface area (Å²) in [5.41, 5.74) is -0.635. The first-order chi connectivity index (χ1) is 17.3. The van der Waals surface area contributed by atoms with Gasteiger partial charge in [0.05, 0.1) is 19.3 Å². The molecule has 7 nitrogen and oxygen atoms in total. The van der Waals surface area contributed by atoms with E-state index in [9.17, 15) is 27.6 Å². The smallest absolute Gasteiger partial charge is 0.416 e. The van der Waals surface area contributed by atoms with Gasteiger partial charge in [-0.1, -0.05) is 24.3 Å². The molecule has 2 rings (SSSR count). The number of aryl methyl sites for hydroxylation is 1. The number of Topliss-reactive ketones (excluding diaryl/α,β-unsaturated/α-hetero) is 1. The minimum absolute atomic E-state index is 0.000959. The summed E-state index contributed by atoms with van der Waals surface area (Å²) in [6, 6.07) is 10.7. The fourth-order valence-corrected chi connectivity index (χ4v) is 3.33. The Morgan fingerprint density at radius 2 is 1.51 bits per heavy atom. The molecule has 0 aliphatic carbocycles. The highest BCUT2D eigenvalue weighted by molar-refractivity contribution is 6.08. The van der Waals surface area contributed by atoms with Crippen LogP contribution < -0.4 is 4.74 Å². The van der Waals surface area contributed by atoms with Gasteiger partial charge in [0.25, 0.3) is 0 Å². The molecule has 0 amide bonds. The van der Waals surface area contributed by atoms with Gasteiger partial charge >= 0.3 is 18.1 Å². The van der Waals surface area contributed by atoms with Crippen molar-refractivity contribution in [3.63, 3.8) is 0 Å². The summed E-state index contributed by atoms with van der Waals surface area (Å²) in [4.78, 5) is 36.6. The second-order valence-electron chi connectivity index (χ2n) is 9.19. The van der Waals surface area contributed by atoms with Crippen molar-refractivity contribution in [2.45, 2.75) is 45.4 Å². The minimum atomic E-state index is -4.52. The van der Waals surface area contributed by atoms with Gasteiger partial charge in [-0.2, -0.15) is 13.2 Å². The molecule has 2 aromatic carbocycles. The lowest BCUT2D eigenvalue weighted by atomic mass is 9.91. The summed E-state index contributed by atoms with van der Waals surface area (Å²) in [5, 5.41) is 0. The van der Waals surface area contributed by atoms with Gasteiger partial charge in [-0.25, -0.2) is 4.79 Å². The number of carbonyl (C=O) groups excluding carboxylic acids is 3. The average molecular weight is 525 g/mol. The van der Waals surface area contributed by atoms with Crippen LogP contribution in [0.2, 0.25) is 0 Å². The predicted octanol–water partition coefficient (Wildman–Crippen LogP) is 5.05. The van der Waals surface area contributed by atoms with Gasteiger partial charge < -0.3 is 18.9 Å². The van der Waals surface area contributed by atoms with Gasteiger partial charge in [-0.3, -0.25) is 9.59 Å². The first-order valence-electron chi connectivity index (χ1n) is 11.6. The number of methoxy groups -OCH3 is 1. The molecule has 0 bridgehead atoms. The largest absolute Gasteiger partial charge is 0.491 e. The van der Waals surface area contributed by atoms with Crippen LogP contribution >= 0.6 is 0 Å². The maximum Gasteiger partial charge on any atom is 0.416 e. The van der Waals surface area contributed by atoms with E-state index in [1.807, 2.05) is 0 Å². The molecule has 1 atom stereocenters. The third-order valence-electron chi connectivity index (χ3n) is 5.08. The molecule has 1 unspecified atom stereocenters. The van der Waals surface area contributed by atoms with Crippen LogP contribution in [-0.2, 0) is 36.4 Å². The molecule has 0 saturated carbocycles. The number of ether oxygens (including phenoxy) is 4. The number of alkyl halides is 3. The van der Waals surface area contributed by atoms with Crippen molar-refractivity contribution in [2.24, 2.45) is 5.92 Å². The zero-order valence-corrected chi connectivity index (χ0v) is 21.2. The summed E-state index contributed by atoms with van der Waals surface area (Å²) in [7, 11) is 1.15. The Bertz CT molecular complexity index is 1040. The van der Waals surface area contributed by atoms with Crippen LogP contribution in [0.3, 0.4) is 0 Å². The molecule has 0 heterocycles. The van der Waals surface area contributed by atoms with Crippen LogP contribution in [0.5, 0.6) is 5.75 Å². The van der Waals surface area contributed by atoms with Crippen molar-refractivity contribution in [1.82, 2.24) is 0 Å². The first-order valence-corrected chi connectivity index (χ1v) is 11.6. The number of carbonyl (C=O) groups is 3. The third kappa shape index (κ3) is 10.2. The summed E-state index contributed by atoms with van der Waals surface area (Å²) in [5.74, 6) is -2.41. The molecular weight excluding hydrogens is 493 g/mol. The summed E-state index contributed by atoms with van der Waals surface area (Å²) < 4.78 is 59.1. The van der Waals surface area contributed by atoms with E-state index in [4.69, 9.17) is 18.9 Å². The standard InChI is InChI=1S/C27H31F3O7/c1-26(2,3)37-23(31)17-35-15-16-36-21-12-5-18(6-13-21)7-14-22(25(33)34-4)24(32)19-8-10-20(11-9-19)27(28,29)30/h5-6,8-13,22H,7,14-17H2,1-4H3. The molecule has 37 heavy (non-hydrogen) atoms. The van der Waals surface area contributed by atoms with E-state index in [0.717, 1.165) is 36.9 Å². The number of halogens is 3. The molecule has 10 heteroatoms.